The van der Waals surface area contributed by atoms with E-state index in [1.165, 1.54) is 6.07 Å². The van der Waals surface area contributed by atoms with Gasteiger partial charge in [-0.15, -0.1) is 0 Å². The molecular formula is C26H32N4O4. The summed E-state index contributed by atoms with van der Waals surface area (Å²) in [4.78, 5) is 40.0. The van der Waals surface area contributed by atoms with E-state index >= 15 is 0 Å². The molecule has 1 aliphatic heterocycles. The van der Waals surface area contributed by atoms with Crippen LogP contribution < -0.4 is 16.0 Å². The highest BCUT2D eigenvalue weighted by molar-refractivity contribution is 6.04. The number of piperidine rings is 1. The summed E-state index contributed by atoms with van der Waals surface area (Å²) in [6, 6.07) is 13.9. The van der Waals surface area contributed by atoms with Crippen molar-refractivity contribution in [1.82, 2.24) is 10.2 Å². The van der Waals surface area contributed by atoms with Crippen LogP contribution >= 0.6 is 0 Å². The highest BCUT2D eigenvalue weighted by Crippen LogP contribution is 2.25. The number of para-hydroxylation sites is 3. The lowest BCUT2D eigenvalue weighted by atomic mass is 9.95. The highest BCUT2D eigenvalue weighted by atomic mass is 16.3. The van der Waals surface area contributed by atoms with Gasteiger partial charge in [0.05, 0.1) is 23.5 Å². The lowest BCUT2D eigenvalue weighted by molar-refractivity contribution is -0.121. The number of hydrogen-bond acceptors (Lipinski definition) is 5. The Morgan fingerprint density at radius 1 is 0.853 bits per heavy atom. The molecule has 0 spiro atoms. The maximum atomic E-state index is 12.7. The van der Waals surface area contributed by atoms with Crippen molar-refractivity contribution in [2.45, 2.75) is 44.6 Å². The maximum absolute atomic E-state index is 12.7. The van der Waals surface area contributed by atoms with E-state index in [-0.39, 0.29) is 42.0 Å². The summed E-state index contributed by atoms with van der Waals surface area (Å²) in [5.74, 6) is -0.578. The van der Waals surface area contributed by atoms with Gasteiger partial charge in [0, 0.05) is 12.0 Å². The average molecular weight is 465 g/mol. The molecule has 0 unspecified atom stereocenters. The number of nitrogens with one attached hydrogen (secondary N) is 3. The smallest absolute Gasteiger partial charge is 0.253 e. The number of amides is 3. The number of phenols is 1. The first kappa shape index (κ1) is 23.8. The lowest BCUT2D eigenvalue weighted by Crippen LogP contribution is -2.42. The van der Waals surface area contributed by atoms with Crippen LogP contribution in [0.5, 0.6) is 5.75 Å². The van der Waals surface area contributed by atoms with Gasteiger partial charge in [-0.25, -0.2) is 0 Å². The number of nitrogens with zero attached hydrogens (tertiary/aromatic N) is 1. The summed E-state index contributed by atoms with van der Waals surface area (Å²) in [6.45, 7) is 1.44. The number of carbonyl (C=O) groups excluding carboxylic acids is 3. The molecule has 0 atom stereocenters. The number of benzene rings is 2. The zero-order valence-corrected chi connectivity index (χ0v) is 19.3. The number of carbonyl (C=O) groups is 3. The van der Waals surface area contributed by atoms with Crippen molar-refractivity contribution in [2.75, 3.05) is 30.3 Å². The molecule has 0 radical (unpaired) electrons. The minimum absolute atomic E-state index is 0.0437. The van der Waals surface area contributed by atoms with Crippen LogP contribution in [0.2, 0.25) is 0 Å². The molecule has 1 heterocycles. The van der Waals surface area contributed by atoms with Crippen LogP contribution in [0.4, 0.5) is 11.4 Å². The van der Waals surface area contributed by atoms with Crippen LogP contribution in [0.25, 0.3) is 0 Å². The van der Waals surface area contributed by atoms with Crippen molar-refractivity contribution in [1.29, 1.82) is 0 Å². The Morgan fingerprint density at radius 2 is 1.50 bits per heavy atom. The second-order valence-corrected chi connectivity index (χ2v) is 9.11. The van der Waals surface area contributed by atoms with Gasteiger partial charge >= 0.3 is 0 Å². The number of likely N-dealkylation sites (tertiary alicyclic amines) is 1. The zero-order chi connectivity index (χ0) is 23.9. The molecule has 1 aliphatic carbocycles. The normalized spacial score (nSPS) is 17.3. The molecule has 2 aromatic rings. The molecule has 0 bridgehead atoms. The molecule has 34 heavy (non-hydrogen) atoms. The van der Waals surface area contributed by atoms with Crippen LogP contribution in [0.1, 0.15) is 48.9 Å². The third-order valence-corrected chi connectivity index (χ3v) is 6.62. The Labute approximate surface area is 199 Å². The van der Waals surface area contributed by atoms with Gasteiger partial charge in [0.25, 0.3) is 5.91 Å². The lowest BCUT2D eigenvalue weighted by Gasteiger charge is -2.30. The van der Waals surface area contributed by atoms with Crippen LogP contribution in [-0.2, 0) is 9.59 Å². The minimum Gasteiger partial charge on any atom is -0.506 e. The molecular weight excluding hydrogens is 432 g/mol. The van der Waals surface area contributed by atoms with Crippen molar-refractivity contribution < 1.29 is 19.5 Å². The van der Waals surface area contributed by atoms with Gasteiger partial charge in [-0.3, -0.25) is 19.3 Å². The molecule has 4 N–H and O–H groups in total. The average Bonchev–Trinajstić information content (AvgIpc) is 3.34. The summed E-state index contributed by atoms with van der Waals surface area (Å²) in [7, 11) is 0. The van der Waals surface area contributed by atoms with Gasteiger partial charge in [-0.05, 0) is 63.0 Å². The molecule has 1 saturated carbocycles. The topological polar surface area (TPSA) is 111 Å². The third kappa shape index (κ3) is 6.14. The summed E-state index contributed by atoms with van der Waals surface area (Å²) in [5.41, 5.74) is 1.40. The fraction of sp³-hybridized carbons (Fsp3) is 0.423. The summed E-state index contributed by atoms with van der Waals surface area (Å²) >= 11 is 0. The van der Waals surface area contributed by atoms with Gasteiger partial charge in [0.1, 0.15) is 5.75 Å². The number of rotatable bonds is 7. The standard InChI is InChI=1S/C26H32N4O4/c31-23-12-6-5-11-22(23)29-25(33)18-13-15-30(16-14-18)17-24(32)28-21-10-4-3-9-20(21)26(34)27-19-7-1-2-8-19/h3-6,9-12,18-19,31H,1-2,7-8,13-17H2,(H,27,34)(H,28,32)(H,29,33). The van der Waals surface area contributed by atoms with Crippen molar-refractivity contribution in [3.05, 3.63) is 54.1 Å². The number of phenolic OH excluding ortho intramolecular Hbond substituents is 1. The summed E-state index contributed by atoms with van der Waals surface area (Å²) < 4.78 is 0. The van der Waals surface area contributed by atoms with Gasteiger partial charge in [0.2, 0.25) is 11.8 Å². The molecule has 0 aromatic heterocycles. The van der Waals surface area contributed by atoms with Gasteiger partial charge in [-0.2, -0.15) is 0 Å². The van der Waals surface area contributed by atoms with E-state index in [4.69, 9.17) is 0 Å². The Balaban J connectivity index is 1.26. The molecule has 2 aromatic carbocycles. The third-order valence-electron chi connectivity index (χ3n) is 6.62. The van der Waals surface area contributed by atoms with E-state index in [0.29, 0.717) is 42.9 Å². The van der Waals surface area contributed by atoms with E-state index < -0.39 is 0 Å². The molecule has 2 fully saturated rings. The predicted octanol–water partition coefficient (Wildman–Crippen LogP) is 3.35. The Bertz CT molecular complexity index is 1030. The SMILES string of the molecule is O=C(CN1CCC(C(=O)Nc2ccccc2O)CC1)Nc1ccccc1C(=O)NC1CCCC1. The van der Waals surface area contributed by atoms with E-state index in [1.807, 2.05) is 4.90 Å². The Morgan fingerprint density at radius 3 is 2.21 bits per heavy atom. The van der Waals surface area contributed by atoms with Crippen LogP contribution in [-0.4, -0.2) is 53.4 Å². The molecule has 8 heteroatoms. The molecule has 180 valence electrons. The van der Waals surface area contributed by atoms with E-state index in [9.17, 15) is 19.5 Å². The van der Waals surface area contributed by atoms with Crippen LogP contribution in [0, 0.1) is 5.92 Å². The fourth-order valence-corrected chi connectivity index (χ4v) is 4.68. The second kappa shape index (κ2) is 11.2. The summed E-state index contributed by atoms with van der Waals surface area (Å²) in [5, 5.41) is 18.6. The molecule has 1 saturated heterocycles. The predicted molar refractivity (Wildman–Crippen MR) is 131 cm³/mol. The fourth-order valence-electron chi connectivity index (χ4n) is 4.68. The molecule has 8 nitrogen and oxygen atoms in total. The first-order valence-corrected chi connectivity index (χ1v) is 12.0. The maximum Gasteiger partial charge on any atom is 0.253 e. The van der Waals surface area contributed by atoms with Crippen molar-refractivity contribution in [3.63, 3.8) is 0 Å². The second-order valence-electron chi connectivity index (χ2n) is 9.11. The van der Waals surface area contributed by atoms with Crippen LogP contribution in [0.15, 0.2) is 48.5 Å². The van der Waals surface area contributed by atoms with Crippen molar-refractivity contribution in [2.24, 2.45) is 5.92 Å². The minimum atomic E-state index is -0.182. The molecule has 2 aliphatic rings. The number of hydrogen-bond donors (Lipinski definition) is 4. The van der Waals surface area contributed by atoms with Crippen LogP contribution in [0.3, 0.4) is 0 Å². The molecule has 4 rings (SSSR count). The first-order valence-electron chi connectivity index (χ1n) is 12.0. The Kier molecular flexibility index (Phi) is 7.80. The quantitative estimate of drug-likeness (QED) is 0.470. The number of anilines is 2. The van der Waals surface area contributed by atoms with E-state index in [1.54, 1.807) is 42.5 Å². The van der Waals surface area contributed by atoms with Gasteiger partial charge in [-0.1, -0.05) is 37.1 Å². The van der Waals surface area contributed by atoms with E-state index in [0.717, 1.165) is 25.7 Å². The molecule has 3 amide bonds. The Hall–Kier alpha value is -3.39. The summed E-state index contributed by atoms with van der Waals surface area (Å²) in [6.07, 6.45) is 5.54. The van der Waals surface area contributed by atoms with E-state index in [2.05, 4.69) is 16.0 Å². The monoisotopic (exact) mass is 464 g/mol. The highest BCUT2D eigenvalue weighted by Gasteiger charge is 2.27. The number of aromatic hydroxyl groups is 1. The first-order chi connectivity index (χ1) is 16.5. The van der Waals surface area contributed by atoms with Gasteiger partial charge in [0.15, 0.2) is 0 Å². The van der Waals surface area contributed by atoms with Gasteiger partial charge < -0.3 is 21.1 Å². The van der Waals surface area contributed by atoms with Crippen molar-refractivity contribution >= 4 is 29.1 Å². The zero-order valence-electron chi connectivity index (χ0n) is 19.3. The largest absolute Gasteiger partial charge is 0.506 e. The van der Waals surface area contributed by atoms with Crippen molar-refractivity contribution in [3.8, 4) is 5.75 Å².